The first kappa shape index (κ1) is 17.3. The maximum atomic E-state index is 12.7. The molecule has 1 aromatic heterocycles. The van der Waals surface area contributed by atoms with Gasteiger partial charge in [0, 0.05) is 35.2 Å². The highest BCUT2D eigenvalue weighted by molar-refractivity contribution is 6.21. The zero-order valence-electron chi connectivity index (χ0n) is 12.7. The Morgan fingerprint density at radius 3 is 2.50 bits per heavy atom. The van der Waals surface area contributed by atoms with E-state index in [-0.39, 0.29) is 22.5 Å². The van der Waals surface area contributed by atoms with E-state index in [4.69, 9.17) is 5.11 Å². The van der Waals surface area contributed by atoms with Gasteiger partial charge in [0.05, 0.1) is 0 Å². The predicted octanol–water partition coefficient (Wildman–Crippen LogP) is 2.29. The Labute approximate surface area is 143 Å². The Kier molecular flexibility index (Phi) is 4.03. The third-order valence-corrected chi connectivity index (χ3v) is 3.46. The fraction of sp³-hybridized carbons (Fsp3) is 0.0625. The molecule has 2 aromatic rings. The van der Waals surface area contributed by atoms with Crippen molar-refractivity contribution < 1.29 is 32.7 Å². The normalized spacial score (nSPS) is 12.8. The van der Waals surface area contributed by atoms with Gasteiger partial charge in [0.25, 0.3) is 0 Å². The van der Waals surface area contributed by atoms with Crippen LogP contribution in [0.25, 0.3) is 11.1 Å². The molecule has 1 aromatic carbocycles. The summed E-state index contributed by atoms with van der Waals surface area (Å²) in [6, 6.07) is 4.14. The third kappa shape index (κ3) is 3.16. The summed E-state index contributed by atoms with van der Waals surface area (Å²) in [5.74, 6) is -4.18. The molecular formula is C16H8F3N3O4. The topological polar surface area (TPSA) is 109 Å². The lowest BCUT2D eigenvalue weighted by molar-refractivity contribution is -0.145. The number of nitrogens with one attached hydrogen (secondary N) is 1. The Bertz CT molecular complexity index is 983. The van der Waals surface area contributed by atoms with Crippen LogP contribution in [0.5, 0.6) is 0 Å². The lowest BCUT2D eigenvalue weighted by atomic mass is 10.1. The van der Waals surface area contributed by atoms with E-state index in [1.165, 1.54) is 18.2 Å². The van der Waals surface area contributed by atoms with Gasteiger partial charge in [-0.05, 0) is 17.7 Å². The van der Waals surface area contributed by atoms with Crippen molar-refractivity contribution in [3.8, 4) is 11.1 Å². The van der Waals surface area contributed by atoms with Gasteiger partial charge < -0.3 is 10.4 Å². The molecule has 0 unspecified atom stereocenters. The summed E-state index contributed by atoms with van der Waals surface area (Å²) in [6.07, 6.45) is -2.42. The van der Waals surface area contributed by atoms with Crippen molar-refractivity contribution in [1.82, 2.24) is 9.97 Å². The van der Waals surface area contributed by atoms with Crippen molar-refractivity contribution in [3.05, 3.63) is 53.6 Å². The van der Waals surface area contributed by atoms with Gasteiger partial charge in [-0.15, -0.1) is 0 Å². The van der Waals surface area contributed by atoms with E-state index in [9.17, 15) is 27.6 Å². The number of carbonyl (C=O) groups excluding carboxylic acids is 2. The molecule has 1 amide bonds. The van der Waals surface area contributed by atoms with Crippen LogP contribution in [0.15, 0.2) is 36.5 Å². The molecule has 0 saturated carbocycles. The molecule has 0 fully saturated rings. The highest BCUT2D eigenvalue weighted by atomic mass is 19.4. The largest absolute Gasteiger partial charge is 0.478 e. The number of carbonyl (C=O) groups is 3. The van der Waals surface area contributed by atoms with E-state index in [0.717, 1.165) is 12.3 Å². The molecule has 1 heterocycles. The summed E-state index contributed by atoms with van der Waals surface area (Å²) in [7, 11) is 0. The van der Waals surface area contributed by atoms with E-state index in [1.54, 1.807) is 0 Å². The zero-order valence-corrected chi connectivity index (χ0v) is 12.7. The lowest BCUT2D eigenvalue weighted by Gasteiger charge is -2.06. The molecule has 0 saturated heterocycles. The fourth-order valence-corrected chi connectivity index (χ4v) is 2.39. The van der Waals surface area contributed by atoms with Crippen molar-refractivity contribution >= 4 is 23.3 Å². The SMILES string of the molecule is O=C(O)C=CC(=O)Nc1ccc2c(c1)C(=O)c1nc(C(F)(F)F)ncc1-2. The van der Waals surface area contributed by atoms with Gasteiger partial charge in [0.2, 0.25) is 17.5 Å². The number of rotatable bonds is 3. The molecule has 0 spiro atoms. The van der Waals surface area contributed by atoms with Gasteiger partial charge in [0.1, 0.15) is 5.69 Å². The second-order valence-electron chi connectivity index (χ2n) is 5.20. The maximum Gasteiger partial charge on any atom is 0.451 e. The van der Waals surface area contributed by atoms with Gasteiger partial charge >= 0.3 is 12.1 Å². The van der Waals surface area contributed by atoms with Crippen molar-refractivity contribution in [1.29, 1.82) is 0 Å². The smallest absolute Gasteiger partial charge is 0.451 e. The number of alkyl halides is 3. The highest BCUT2D eigenvalue weighted by Gasteiger charge is 2.38. The Morgan fingerprint density at radius 1 is 1.12 bits per heavy atom. The molecule has 1 aliphatic carbocycles. The van der Waals surface area contributed by atoms with Gasteiger partial charge in [-0.1, -0.05) is 6.07 Å². The first-order valence-corrected chi connectivity index (χ1v) is 7.02. The van der Waals surface area contributed by atoms with E-state index < -0.39 is 29.7 Å². The summed E-state index contributed by atoms with van der Waals surface area (Å²) >= 11 is 0. The standard InChI is InChI=1S/C16H8F3N3O4/c17-16(18,19)15-20-6-10-8-2-1-7(21-11(23)3-4-12(24)25)5-9(8)14(26)13(10)22-15/h1-6H,(H,21,23)(H,24,25). The summed E-state index contributed by atoms with van der Waals surface area (Å²) < 4.78 is 38.2. The second kappa shape index (κ2) is 6.06. The van der Waals surface area contributed by atoms with Crippen LogP contribution in [0.4, 0.5) is 18.9 Å². The number of fused-ring (bicyclic) bond motifs is 3. The Morgan fingerprint density at radius 2 is 1.85 bits per heavy atom. The van der Waals surface area contributed by atoms with E-state index >= 15 is 0 Å². The van der Waals surface area contributed by atoms with Crippen molar-refractivity contribution in [2.24, 2.45) is 0 Å². The van der Waals surface area contributed by atoms with Gasteiger partial charge in [-0.25, -0.2) is 14.8 Å². The minimum absolute atomic E-state index is 0.0636. The number of carboxylic acid groups (broad SMARTS) is 1. The van der Waals surface area contributed by atoms with Crippen LogP contribution >= 0.6 is 0 Å². The molecule has 0 atom stereocenters. The molecule has 10 heteroatoms. The number of halogens is 3. The van der Waals surface area contributed by atoms with Crippen LogP contribution in [-0.2, 0) is 15.8 Å². The lowest BCUT2D eigenvalue weighted by Crippen LogP contribution is -2.13. The number of amides is 1. The molecule has 2 N–H and O–H groups in total. The Hall–Kier alpha value is -3.56. The first-order chi connectivity index (χ1) is 12.2. The number of benzene rings is 1. The quantitative estimate of drug-likeness (QED) is 0.691. The van der Waals surface area contributed by atoms with Crippen LogP contribution in [0, 0.1) is 0 Å². The van der Waals surface area contributed by atoms with Crippen LogP contribution in [0.3, 0.4) is 0 Å². The number of carboxylic acids is 1. The summed E-state index contributed by atoms with van der Waals surface area (Å²) in [6.45, 7) is 0. The van der Waals surface area contributed by atoms with Crippen molar-refractivity contribution in [2.75, 3.05) is 5.32 Å². The van der Waals surface area contributed by atoms with E-state index in [1.807, 2.05) is 0 Å². The Balaban J connectivity index is 1.92. The molecule has 132 valence electrons. The first-order valence-electron chi connectivity index (χ1n) is 7.02. The number of ketones is 1. The second-order valence-corrected chi connectivity index (χ2v) is 5.20. The monoisotopic (exact) mass is 363 g/mol. The average Bonchev–Trinajstić information content (AvgIpc) is 2.84. The van der Waals surface area contributed by atoms with E-state index in [2.05, 4.69) is 15.3 Å². The zero-order chi connectivity index (χ0) is 19.1. The average molecular weight is 363 g/mol. The van der Waals surface area contributed by atoms with Gasteiger partial charge in [-0.2, -0.15) is 13.2 Å². The molecule has 7 nitrogen and oxygen atoms in total. The van der Waals surface area contributed by atoms with Crippen LogP contribution < -0.4 is 5.32 Å². The third-order valence-electron chi connectivity index (χ3n) is 3.46. The fourth-order valence-electron chi connectivity index (χ4n) is 2.39. The maximum absolute atomic E-state index is 12.7. The van der Waals surface area contributed by atoms with E-state index in [0.29, 0.717) is 11.6 Å². The highest BCUT2D eigenvalue weighted by Crippen LogP contribution is 2.38. The molecule has 1 aliphatic rings. The van der Waals surface area contributed by atoms with Gasteiger partial charge in [-0.3, -0.25) is 9.59 Å². The molecule has 26 heavy (non-hydrogen) atoms. The van der Waals surface area contributed by atoms with Gasteiger partial charge in [0.15, 0.2) is 0 Å². The molecular weight excluding hydrogens is 355 g/mol. The molecule has 0 aliphatic heterocycles. The van der Waals surface area contributed by atoms with Crippen LogP contribution in [0.1, 0.15) is 21.9 Å². The minimum atomic E-state index is -4.78. The van der Waals surface area contributed by atoms with Crippen molar-refractivity contribution in [3.63, 3.8) is 0 Å². The predicted molar refractivity (Wildman–Crippen MR) is 81.3 cm³/mol. The molecule has 3 rings (SSSR count). The summed E-state index contributed by atoms with van der Waals surface area (Å²) in [5, 5.41) is 10.8. The molecule has 0 radical (unpaired) electrons. The number of anilines is 1. The number of aromatic nitrogens is 2. The number of nitrogens with zero attached hydrogens (tertiary/aromatic N) is 2. The number of hydrogen-bond donors (Lipinski definition) is 2. The van der Waals surface area contributed by atoms with Crippen LogP contribution in [-0.4, -0.2) is 32.7 Å². The molecule has 0 bridgehead atoms. The summed E-state index contributed by atoms with van der Waals surface area (Å²) in [4.78, 5) is 40.9. The summed E-state index contributed by atoms with van der Waals surface area (Å²) in [5.41, 5.74) is 0.388. The number of aliphatic carboxylic acids is 1. The van der Waals surface area contributed by atoms with Crippen molar-refractivity contribution in [2.45, 2.75) is 6.18 Å². The van der Waals surface area contributed by atoms with Crippen LogP contribution in [0.2, 0.25) is 0 Å². The minimum Gasteiger partial charge on any atom is -0.478 e. The number of hydrogen-bond acceptors (Lipinski definition) is 5.